The molecule has 0 saturated heterocycles. The largest absolute Gasteiger partial charge is 0.493 e. The third-order valence-electron chi connectivity index (χ3n) is 3.76. The van der Waals surface area contributed by atoms with Crippen LogP contribution in [0.3, 0.4) is 0 Å². The lowest BCUT2D eigenvalue weighted by Gasteiger charge is -2.13. The highest BCUT2D eigenvalue weighted by Crippen LogP contribution is 2.30. The van der Waals surface area contributed by atoms with E-state index in [0.717, 1.165) is 29.3 Å². The second-order valence-electron chi connectivity index (χ2n) is 5.03. The minimum Gasteiger partial charge on any atom is -0.493 e. The van der Waals surface area contributed by atoms with E-state index < -0.39 is 0 Å². The topological polar surface area (TPSA) is 48.3 Å². The molecule has 0 saturated carbocycles. The fourth-order valence-electron chi connectivity index (χ4n) is 2.49. The number of para-hydroxylation sites is 1. The normalized spacial score (nSPS) is 10.7. The number of rotatable bonds is 6. The summed E-state index contributed by atoms with van der Waals surface area (Å²) in [4.78, 5) is 0. The summed E-state index contributed by atoms with van der Waals surface area (Å²) in [6, 6.07) is 5.91. The molecule has 114 valence electrons. The molecular weight excluding hydrogens is 266 g/mol. The van der Waals surface area contributed by atoms with Crippen LogP contribution in [0.25, 0.3) is 0 Å². The molecule has 0 unspecified atom stereocenters. The number of aromatic nitrogens is 2. The smallest absolute Gasteiger partial charge is 0.165 e. The summed E-state index contributed by atoms with van der Waals surface area (Å²) in [5, 5.41) is 7.88. The van der Waals surface area contributed by atoms with Crippen molar-refractivity contribution in [1.29, 1.82) is 0 Å². The summed E-state index contributed by atoms with van der Waals surface area (Å²) < 4.78 is 12.7. The number of nitrogens with one attached hydrogen (secondary N) is 1. The maximum Gasteiger partial charge on any atom is 0.165 e. The van der Waals surface area contributed by atoms with E-state index >= 15 is 0 Å². The van der Waals surface area contributed by atoms with Crippen molar-refractivity contribution in [3.63, 3.8) is 0 Å². The number of benzene rings is 1. The predicted molar refractivity (Wildman–Crippen MR) is 82.8 cm³/mol. The Kier molecular flexibility index (Phi) is 4.85. The minimum atomic E-state index is 0.716. The number of ether oxygens (including phenoxy) is 2. The van der Waals surface area contributed by atoms with Crippen LogP contribution in [0.4, 0.5) is 0 Å². The van der Waals surface area contributed by atoms with Crippen LogP contribution < -0.4 is 14.8 Å². The molecule has 1 aromatic carbocycles. The first-order valence-corrected chi connectivity index (χ1v) is 6.98. The number of aryl methyl sites for hydroxylation is 2. The molecule has 1 heterocycles. The lowest BCUT2D eigenvalue weighted by Crippen LogP contribution is -2.14. The van der Waals surface area contributed by atoms with Crippen LogP contribution in [-0.4, -0.2) is 24.0 Å². The second kappa shape index (κ2) is 6.63. The zero-order valence-electron chi connectivity index (χ0n) is 13.4. The summed E-state index contributed by atoms with van der Waals surface area (Å²) in [5.74, 6) is 1.54. The molecule has 0 aliphatic carbocycles. The van der Waals surface area contributed by atoms with Gasteiger partial charge in [-0.2, -0.15) is 5.10 Å². The first-order chi connectivity index (χ1) is 10.1. The Morgan fingerprint density at radius 1 is 1.14 bits per heavy atom. The third kappa shape index (κ3) is 3.19. The Bertz CT molecular complexity index is 620. The highest BCUT2D eigenvalue weighted by atomic mass is 16.5. The van der Waals surface area contributed by atoms with Gasteiger partial charge in [-0.15, -0.1) is 0 Å². The Hall–Kier alpha value is -2.01. The molecule has 0 radical (unpaired) electrons. The summed E-state index contributed by atoms with van der Waals surface area (Å²) in [5.41, 5.74) is 4.59. The van der Waals surface area contributed by atoms with Crippen LogP contribution in [0.5, 0.6) is 11.5 Å². The van der Waals surface area contributed by atoms with Crippen molar-refractivity contribution in [1.82, 2.24) is 15.1 Å². The van der Waals surface area contributed by atoms with Gasteiger partial charge in [0.2, 0.25) is 0 Å². The van der Waals surface area contributed by atoms with Crippen LogP contribution in [-0.2, 0) is 20.1 Å². The first kappa shape index (κ1) is 15.4. The molecule has 5 heteroatoms. The van der Waals surface area contributed by atoms with Gasteiger partial charge in [-0.1, -0.05) is 12.1 Å². The van der Waals surface area contributed by atoms with Gasteiger partial charge >= 0.3 is 0 Å². The SMILES string of the molecule is COc1cccc(CNCc2c(C)nn(C)c2C)c1OC. The average molecular weight is 289 g/mol. The summed E-state index contributed by atoms with van der Waals surface area (Å²) in [6.45, 7) is 5.62. The van der Waals surface area contributed by atoms with E-state index in [2.05, 4.69) is 17.3 Å². The van der Waals surface area contributed by atoms with Crippen LogP contribution in [0, 0.1) is 13.8 Å². The average Bonchev–Trinajstić information content (AvgIpc) is 2.73. The van der Waals surface area contributed by atoms with Crippen molar-refractivity contribution in [3.8, 4) is 11.5 Å². The van der Waals surface area contributed by atoms with Gasteiger partial charge in [0.1, 0.15) is 0 Å². The second-order valence-corrected chi connectivity index (χ2v) is 5.03. The van der Waals surface area contributed by atoms with Gasteiger partial charge in [-0.3, -0.25) is 4.68 Å². The van der Waals surface area contributed by atoms with Crippen molar-refractivity contribution in [2.45, 2.75) is 26.9 Å². The molecule has 0 spiro atoms. The molecule has 2 rings (SSSR count). The molecule has 1 aromatic heterocycles. The fourth-order valence-corrected chi connectivity index (χ4v) is 2.49. The predicted octanol–water partition coefficient (Wildman–Crippen LogP) is 2.34. The summed E-state index contributed by atoms with van der Waals surface area (Å²) >= 11 is 0. The minimum absolute atomic E-state index is 0.716. The molecule has 0 amide bonds. The highest BCUT2D eigenvalue weighted by Gasteiger charge is 2.11. The van der Waals surface area contributed by atoms with Gasteiger partial charge < -0.3 is 14.8 Å². The molecule has 5 nitrogen and oxygen atoms in total. The molecule has 1 N–H and O–H groups in total. The maximum absolute atomic E-state index is 5.44. The highest BCUT2D eigenvalue weighted by molar-refractivity contribution is 5.46. The van der Waals surface area contributed by atoms with Crippen LogP contribution in [0.15, 0.2) is 18.2 Å². The molecule has 0 fully saturated rings. The molecule has 21 heavy (non-hydrogen) atoms. The lowest BCUT2D eigenvalue weighted by molar-refractivity contribution is 0.350. The van der Waals surface area contributed by atoms with Crippen molar-refractivity contribution >= 4 is 0 Å². The van der Waals surface area contributed by atoms with E-state index in [0.29, 0.717) is 6.54 Å². The Morgan fingerprint density at radius 3 is 2.48 bits per heavy atom. The third-order valence-corrected chi connectivity index (χ3v) is 3.76. The maximum atomic E-state index is 5.44. The Balaban J connectivity index is 2.07. The van der Waals surface area contributed by atoms with Crippen molar-refractivity contribution in [3.05, 3.63) is 40.7 Å². The lowest BCUT2D eigenvalue weighted by atomic mass is 10.1. The van der Waals surface area contributed by atoms with Gasteiger partial charge in [0.25, 0.3) is 0 Å². The summed E-state index contributed by atoms with van der Waals surface area (Å²) in [6.07, 6.45) is 0. The van der Waals surface area contributed by atoms with E-state index in [1.54, 1.807) is 14.2 Å². The standard InChI is InChI=1S/C16H23N3O2/c1-11-14(12(2)19(3)18-11)10-17-9-13-7-6-8-15(20-4)16(13)21-5/h6-8,17H,9-10H2,1-5H3. The van der Waals surface area contributed by atoms with E-state index in [1.807, 2.05) is 36.9 Å². The Labute approximate surface area is 125 Å². The van der Waals surface area contributed by atoms with E-state index in [4.69, 9.17) is 9.47 Å². The van der Waals surface area contributed by atoms with Crippen LogP contribution in [0.1, 0.15) is 22.5 Å². The van der Waals surface area contributed by atoms with Crippen molar-refractivity contribution in [2.75, 3.05) is 14.2 Å². The molecule has 0 aliphatic heterocycles. The molecule has 0 aliphatic rings. The van der Waals surface area contributed by atoms with Crippen molar-refractivity contribution in [2.24, 2.45) is 7.05 Å². The number of nitrogens with zero attached hydrogens (tertiary/aromatic N) is 2. The number of hydrogen-bond donors (Lipinski definition) is 1. The van der Waals surface area contributed by atoms with Crippen molar-refractivity contribution < 1.29 is 9.47 Å². The van der Waals surface area contributed by atoms with Gasteiger partial charge in [0.05, 0.1) is 19.9 Å². The Morgan fingerprint density at radius 2 is 1.90 bits per heavy atom. The zero-order chi connectivity index (χ0) is 15.4. The van der Waals surface area contributed by atoms with E-state index in [-0.39, 0.29) is 0 Å². The number of hydrogen-bond acceptors (Lipinski definition) is 4. The molecule has 2 aromatic rings. The van der Waals surface area contributed by atoms with Gasteiger partial charge in [-0.25, -0.2) is 0 Å². The fraction of sp³-hybridized carbons (Fsp3) is 0.438. The van der Waals surface area contributed by atoms with Gasteiger partial charge in [0, 0.05) is 37.0 Å². The van der Waals surface area contributed by atoms with E-state index in [1.165, 1.54) is 11.3 Å². The molecule has 0 bridgehead atoms. The van der Waals surface area contributed by atoms with Crippen LogP contribution >= 0.6 is 0 Å². The first-order valence-electron chi connectivity index (χ1n) is 6.98. The monoisotopic (exact) mass is 289 g/mol. The van der Waals surface area contributed by atoms with Crippen LogP contribution in [0.2, 0.25) is 0 Å². The molecule has 0 atom stereocenters. The van der Waals surface area contributed by atoms with E-state index in [9.17, 15) is 0 Å². The molecular formula is C16H23N3O2. The van der Waals surface area contributed by atoms with Gasteiger partial charge in [0.15, 0.2) is 11.5 Å². The quantitative estimate of drug-likeness (QED) is 0.887. The zero-order valence-corrected chi connectivity index (χ0v) is 13.4. The van der Waals surface area contributed by atoms with Gasteiger partial charge in [-0.05, 0) is 19.9 Å². The summed E-state index contributed by atoms with van der Waals surface area (Å²) in [7, 11) is 5.28. The number of methoxy groups -OCH3 is 2.